The first-order valence-electron chi connectivity index (χ1n) is 12.8. The predicted octanol–water partition coefficient (Wildman–Crippen LogP) is 6.42. The standard InChI is InChI=1S/C35H30OSi/c1-35(2)33-24-26(18-20-31(33)32-21-19-27(36)25-34(32)35)22-23-37(28-12-6-3-7-13-28,29-14-8-4-9-15-29)30-16-10-5-11-17-30/h3-25,36H,1-2H3. The smallest absolute Gasteiger partial charge is 0.172 e. The molecule has 0 aromatic heterocycles. The molecule has 1 aliphatic rings. The Morgan fingerprint density at radius 2 is 1.03 bits per heavy atom. The summed E-state index contributed by atoms with van der Waals surface area (Å²) in [4.78, 5) is 0. The maximum Gasteiger partial charge on any atom is 0.172 e. The Labute approximate surface area is 220 Å². The second-order valence-corrected chi connectivity index (χ2v) is 14.1. The average molecular weight is 495 g/mol. The number of aromatic hydroxyl groups is 1. The Morgan fingerprint density at radius 3 is 1.54 bits per heavy atom. The van der Waals surface area contributed by atoms with Crippen LogP contribution >= 0.6 is 0 Å². The molecule has 180 valence electrons. The summed E-state index contributed by atoms with van der Waals surface area (Å²) < 4.78 is 0. The Morgan fingerprint density at radius 1 is 0.568 bits per heavy atom. The van der Waals surface area contributed by atoms with Crippen LogP contribution in [0, 0.1) is 0 Å². The fraction of sp³-hybridized carbons (Fsp3) is 0.0857. The molecule has 0 amide bonds. The van der Waals surface area contributed by atoms with E-state index in [9.17, 15) is 5.11 Å². The molecule has 0 unspecified atom stereocenters. The zero-order valence-electron chi connectivity index (χ0n) is 21.2. The predicted molar refractivity (Wildman–Crippen MR) is 159 cm³/mol. The van der Waals surface area contributed by atoms with Crippen LogP contribution in [-0.2, 0) is 5.41 Å². The minimum Gasteiger partial charge on any atom is -0.508 e. The van der Waals surface area contributed by atoms with Crippen molar-refractivity contribution >= 4 is 29.7 Å². The first kappa shape index (κ1) is 23.3. The third-order valence-electron chi connectivity index (χ3n) is 7.90. The van der Waals surface area contributed by atoms with Crippen molar-refractivity contribution in [2.24, 2.45) is 0 Å². The molecule has 0 atom stereocenters. The molecule has 1 nitrogen and oxygen atoms in total. The maximum absolute atomic E-state index is 10.2. The number of rotatable bonds is 5. The Hall–Kier alpha value is -4.14. The van der Waals surface area contributed by atoms with Gasteiger partial charge in [0.1, 0.15) is 5.75 Å². The first-order chi connectivity index (χ1) is 18.0. The quantitative estimate of drug-likeness (QED) is 0.221. The fourth-order valence-corrected chi connectivity index (χ4v) is 10.1. The van der Waals surface area contributed by atoms with Crippen LogP contribution in [0.5, 0.6) is 5.75 Å². The van der Waals surface area contributed by atoms with Gasteiger partial charge in [0, 0.05) is 5.41 Å². The first-order valence-corrected chi connectivity index (χ1v) is 14.9. The zero-order chi connectivity index (χ0) is 25.5. The molecule has 1 aliphatic carbocycles. The minimum absolute atomic E-state index is 0.167. The molecule has 1 N–H and O–H groups in total. The molecule has 0 bridgehead atoms. The van der Waals surface area contributed by atoms with Crippen LogP contribution < -0.4 is 15.6 Å². The van der Waals surface area contributed by atoms with Crippen LogP contribution in [0.15, 0.2) is 133 Å². The Bertz CT molecular complexity index is 1490. The van der Waals surface area contributed by atoms with Crippen molar-refractivity contribution in [1.29, 1.82) is 0 Å². The molecule has 6 rings (SSSR count). The fourth-order valence-electron chi connectivity index (χ4n) is 5.96. The van der Waals surface area contributed by atoms with Gasteiger partial charge in [0.05, 0.1) is 0 Å². The van der Waals surface area contributed by atoms with Crippen molar-refractivity contribution in [2.45, 2.75) is 19.3 Å². The van der Waals surface area contributed by atoms with Gasteiger partial charge in [-0.1, -0.05) is 141 Å². The minimum atomic E-state index is -2.45. The van der Waals surface area contributed by atoms with Gasteiger partial charge in [-0.2, -0.15) is 0 Å². The maximum atomic E-state index is 10.2. The Balaban J connectivity index is 1.53. The van der Waals surface area contributed by atoms with Crippen LogP contribution in [0.2, 0.25) is 0 Å². The summed E-state index contributed by atoms with van der Waals surface area (Å²) in [6.45, 7) is 4.50. The summed E-state index contributed by atoms with van der Waals surface area (Å²) in [7, 11) is -2.45. The van der Waals surface area contributed by atoms with E-state index in [1.54, 1.807) is 6.07 Å². The highest BCUT2D eigenvalue weighted by molar-refractivity contribution is 7.15. The molecule has 5 aromatic rings. The third kappa shape index (κ3) is 3.85. The highest BCUT2D eigenvalue weighted by atomic mass is 28.3. The molecule has 0 saturated carbocycles. The molecule has 5 aromatic carbocycles. The van der Waals surface area contributed by atoms with Gasteiger partial charge < -0.3 is 5.11 Å². The van der Waals surface area contributed by atoms with Gasteiger partial charge in [-0.3, -0.25) is 0 Å². The van der Waals surface area contributed by atoms with Crippen molar-refractivity contribution < 1.29 is 5.11 Å². The lowest BCUT2D eigenvalue weighted by atomic mass is 9.82. The lowest BCUT2D eigenvalue weighted by Gasteiger charge is -2.31. The van der Waals surface area contributed by atoms with Gasteiger partial charge in [0.2, 0.25) is 0 Å². The third-order valence-corrected chi connectivity index (χ3v) is 12.3. The van der Waals surface area contributed by atoms with Crippen LogP contribution in [0.3, 0.4) is 0 Å². The van der Waals surface area contributed by atoms with E-state index in [0.717, 1.165) is 0 Å². The van der Waals surface area contributed by atoms with E-state index in [1.165, 1.54) is 43.4 Å². The lowest BCUT2D eigenvalue weighted by Crippen LogP contribution is -2.66. The summed E-state index contributed by atoms with van der Waals surface area (Å²) in [6.07, 6.45) is 2.33. The molecular formula is C35H30OSi. The molecule has 0 spiro atoms. The largest absolute Gasteiger partial charge is 0.508 e. The van der Waals surface area contributed by atoms with Gasteiger partial charge in [0.25, 0.3) is 0 Å². The summed E-state index contributed by atoms with van der Waals surface area (Å²) in [5.41, 5.74) is 8.50. The van der Waals surface area contributed by atoms with E-state index in [2.05, 4.69) is 135 Å². The van der Waals surface area contributed by atoms with Gasteiger partial charge >= 0.3 is 0 Å². The van der Waals surface area contributed by atoms with E-state index < -0.39 is 8.07 Å². The van der Waals surface area contributed by atoms with Crippen LogP contribution in [0.25, 0.3) is 17.2 Å². The molecule has 0 saturated heterocycles. The molecule has 0 heterocycles. The van der Waals surface area contributed by atoms with Gasteiger partial charge in [-0.15, -0.1) is 0 Å². The van der Waals surface area contributed by atoms with E-state index in [1.807, 2.05) is 12.1 Å². The monoisotopic (exact) mass is 494 g/mol. The zero-order valence-corrected chi connectivity index (χ0v) is 22.2. The number of phenols is 1. The van der Waals surface area contributed by atoms with Crippen molar-refractivity contribution in [2.75, 3.05) is 0 Å². The number of hydrogen-bond donors (Lipinski definition) is 1. The van der Waals surface area contributed by atoms with Gasteiger partial charge in [0.15, 0.2) is 8.07 Å². The van der Waals surface area contributed by atoms with E-state index in [4.69, 9.17) is 0 Å². The average Bonchev–Trinajstić information content (AvgIpc) is 3.16. The number of fused-ring (bicyclic) bond motifs is 3. The highest BCUT2D eigenvalue weighted by Gasteiger charge is 2.38. The number of benzene rings is 5. The van der Waals surface area contributed by atoms with Crippen molar-refractivity contribution in [3.63, 3.8) is 0 Å². The van der Waals surface area contributed by atoms with Crippen molar-refractivity contribution in [3.05, 3.63) is 150 Å². The molecule has 0 radical (unpaired) electrons. The summed E-state index contributed by atoms with van der Waals surface area (Å²) in [5.74, 6) is 0.323. The van der Waals surface area contributed by atoms with E-state index in [-0.39, 0.29) is 5.41 Å². The van der Waals surface area contributed by atoms with Crippen LogP contribution in [0.1, 0.15) is 30.5 Å². The normalized spacial score (nSPS) is 13.9. The van der Waals surface area contributed by atoms with Crippen LogP contribution in [0.4, 0.5) is 0 Å². The summed E-state index contributed by atoms with van der Waals surface area (Å²) in [5, 5.41) is 14.3. The number of hydrogen-bond acceptors (Lipinski definition) is 1. The molecular weight excluding hydrogens is 464 g/mol. The second kappa shape index (κ2) is 9.06. The molecule has 0 fully saturated rings. The van der Waals surface area contributed by atoms with Crippen molar-refractivity contribution in [1.82, 2.24) is 0 Å². The molecule has 37 heavy (non-hydrogen) atoms. The van der Waals surface area contributed by atoms with E-state index >= 15 is 0 Å². The Kier molecular flexibility index (Phi) is 5.70. The van der Waals surface area contributed by atoms with Crippen molar-refractivity contribution in [3.8, 4) is 16.9 Å². The summed E-state index contributed by atoms with van der Waals surface area (Å²) in [6, 6.07) is 45.5. The van der Waals surface area contributed by atoms with Gasteiger partial charge in [-0.05, 0) is 55.5 Å². The van der Waals surface area contributed by atoms with Gasteiger partial charge in [-0.25, -0.2) is 0 Å². The molecule has 0 aliphatic heterocycles. The molecule has 2 heteroatoms. The second-order valence-electron chi connectivity index (χ2n) is 10.4. The lowest BCUT2D eigenvalue weighted by molar-refractivity contribution is 0.473. The topological polar surface area (TPSA) is 20.2 Å². The SMILES string of the molecule is CC1(C)c2cc(O)ccc2-c2ccc(C=C[Si](c3ccccc3)(c3ccccc3)c3ccccc3)cc21. The van der Waals surface area contributed by atoms with Crippen LogP contribution in [-0.4, -0.2) is 13.2 Å². The highest BCUT2D eigenvalue weighted by Crippen LogP contribution is 2.49. The number of phenolic OH excluding ortho intramolecular Hbond substituents is 1. The van der Waals surface area contributed by atoms with E-state index in [0.29, 0.717) is 5.75 Å². The summed E-state index contributed by atoms with van der Waals surface area (Å²) >= 11 is 0.